The van der Waals surface area contributed by atoms with Gasteiger partial charge >= 0.3 is 0 Å². The number of nitrogens with one attached hydrogen (secondary N) is 1. The van der Waals surface area contributed by atoms with Crippen molar-refractivity contribution in [3.05, 3.63) is 59.2 Å². The number of aromatic nitrogens is 1. The number of nitrogens with two attached hydrogens (primary N) is 1. The minimum atomic E-state index is -1.64. The van der Waals surface area contributed by atoms with Crippen LogP contribution in [0.4, 0.5) is 14.5 Å². The Kier molecular flexibility index (Phi) is 5.44. The molecule has 1 saturated carbocycles. The van der Waals surface area contributed by atoms with Crippen LogP contribution in [-0.4, -0.2) is 52.4 Å². The number of carbonyl (C=O) groups is 2. The minimum Gasteiger partial charge on any atom is -0.378 e. The zero-order chi connectivity index (χ0) is 23.3. The zero-order valence-corrected chi connectivity index (χ0v) is 18.7. The number of hydrogen-bond acceptors (Lipinski definition) is 6. The maximum absolute atomic E-state index is 15.0. The van der Waals surface area contributed by atoms with Gasteiger partial charge in [-0.25, -0.2) is 13.8 Å². The number of pyridine rings is 1. The van der Waals surface area contributed by atoms with Gasteiger partial charge in [-0.3, -0.25) is 14.6 Å². The summed E-state index contributed by atoms with van der Waals surface area (Å²) in [5.41, 5.74) is 5.66. The van der Waals surface area contributed by atoms with Crippen molar-refractivity contribution in [2.75, 3.05) is 26.1 Å². The second-order valence-corrected chi connectivity index (χ2v) is 9.68. The molecule has 32 heavy (non-hydrogen) atoms. The molecule has 1 aliphatic carbocycles. The second-order valence-electron chi connectivity index (χ2n) is 8.33. The van der Waals surface area contributed by atoms with Crippen molar-refractivity contribution < 1.29 is 18.4 Å². The summed E-state index contributed by atoms with van der Waals surface area (Å²) in [6.45, 7) is 0.820. The summed E-state index contributed by atoms with van der Waals surface area (Å²) in [6.07, 6.45) is 1.89. The normalized spacial score (nSPS) is 26.0. The molecular weight excluding hydrogens is 436 g/mol. The number of amidine groups is 1. The number of nitrogens with zero attached hydrogens (tertiary/aromatic N) is 3. The van der Waals surface area contributed by atoms with Gasteiger partial charge in [0.2, 0.25) is 5.91 Å². The number of anilines is 1. The Morgan fingerprint density at radius 1 is 1.31 bits per heavy atom. The van der Waals surface area contributed by atoms with Crippen LogP contribution in [0.2, 0.25) is 0 Å². The van der Waals surface area contributed by atoms with Crippen molar-refractivity contribution in [2.24, 2.45) is 16.6 Å². The lowest BCUT2D eigenvalue weighted by atomic mass is 9.84. The summed E-state index contributed by atoms with van der Waals surface area (Å²) in [5, 5.41) is 2.70. The van der Waals surface area contributed by atoms with Crippen LogP contribution in [0, 0.1) is 18.7 Å². The van der Waals surface area contributed by atoms with E-state index in [-0.39, 0.29) is 28.0 Å². The van der Waals surface area contributed by atoms with Gasteiger partial charge < -0.3 is 16.0 Å². The van der Waals surface area contributed by atoms with Gasteiger partial charge in [-0.05, 0) is 43.2 Å². The number of amides is 2. The van der Waals surface area contributed by atoms with Crippen molar-refractivity contribution >= 4 is 34.4 Å². The van der Waals surface area contributed by atoms with E-state index in [0.717, 1.165) is 23.4 Å². The standard InChI is InChI=1S/C22H23F2N5O2S/c1-12-4-7-16(26-10-12)18(30)27-13-5-6-15(24)14(8-13)21(11-23)17-9-22(17,19(31)29(2)3)32-20(25)28-21/h4-8,10,17H,9,11H2,1-3H3,(H2,25,28)(H,27,30)/t17-,21+,22-/m0/s1. The maximum atomic E-state index is 15.0. The molecule has 2 amide bonds. The van der Waals surface area contributed by atoms with Gasteiger partial charge in [-0.15, -0.1) is 0 Å². The number of fused-ring (bicyclic) bond motifs is 1. The summed E-state index contributed by atoms with van der Waals surface area (Å²) < 4.78 is 28.6. The van der Waals surface area contributed by atoms with Gasteiger partial charge in [0.1, 0.15) is 28.5 Å². The maximum Gasteiger partial charge on any atom is 0.274 e. The van der Waals surface area contributed by atoms with Crippen LogP contribution in [-0.2, 0) is 10.3 Å². The number of aryl methyl sites for hydroxylation is 1. The highest BCUT2D eigenvalue weighted by atomic mass is 32.2. The van der Waals surface area contributed by atoms with Crippen LogP contribution in [0.15, 0.2) is 41.5 Å². The van der Waals surface area contributed by atoms with E-state index in [1.54, 1.807) is 32.4 Å². The van der Waals surface area contributed by atoms with Gasteiger partial charge in [0.25, 0.3) is 5.91 Å². The van der Waals surface area contributed by atoms with Crippen molar-refractivity contribution in [3.63, 3.8) is 0 Å². The highest BCUT2D eigenvalue weighted by molar-refractivity contribution is 8.15. The Morgan fingerprint density at radius 3 is 2.69 bits per heavy atom. The van der Waals surface area contributed by atoms with Crippen molar-refractivity contribution in [1.82, 2.24) is 9.88 Å². The molecule has 0 spiro atoms. The van der Waals surface area contributed by atoms with Gasteiger partial charge in [0.15, 0.2) is 5.17 Å². The average Bonchev–Trinajstić information content (AvgIpc) is 3.50. The van der Waals surface area contributed by atoms with Crippen LogP contribution in [0.3, 0.4) is 0 Å². The molecule has 10 heteroatoms. The van der Waals surface area contributed by atoms with E-state index >= 15 is 0 Å². The van der Waals surface area contributed by atoms with E-state index in [9.17, 15) is 18.4 Å². The number of carbonyl (C=O) groups excluding carboxylic acids is 2. The predicted molar refractivity (Wildman–Crippen MR) is 120 cm³/mol. The lowest BCUT2D eigenvalue weighted by Gasteiger charge is -2.35. The Bertz CT molecular complexity index is 1120. The number of rotatable bonds is 5. The van der Waals surface area contributed by atoms with Gasteiger partial charge in [0, 0.05) is 37.5 Å². The zero-order valence-electron chi connectivity index (χ0n) is 17.9. The predicted octanol–water partition coefficient (Wildman–Crippen LogP) is 2.85. The lowest BCUT2D eigenvalue weighted by Crippen LogP contribution is -2.45. The molecule has 0 radical (unpaired) electrons. The van der Waals surface area contributed by atoms with Gasteiger partial charge in [-0.1, -0.05) is 17.8 Å². The van der Waals surface area contributed by atoms with E-state index in [1.807, 2.05) is 6.92 Å². The second kappa shape index (κ2) is 7.84. The fourth-order valence-corrected chi connectivity index (χ4v) is 5.67. The third-order valence-electron chi connectivity index (χ3n) is 5.89. The number of benzene rings is 1. The minimum absolute atomic E-state index is 0.0318. The fourth-order valence-electron chi connectivity index (χ4n) is 4.23. The number of hydrogen-bond donors (Lipinski definition) is 2. The highest BCUT2D eigenvalue weighted by Crippen LogP contribution is 2.66. The highest BCUT2D eigenvalue weighted by Gasteiger charge is 2.72. The Morgan fingerprint density at radius 2 is 2.06 bits per heavy atom. The molecule has 1 fully saturated rings. The molecule has 4 rings (SSSR count). The van der Waals surface area contributed by atoms with Crippen LogP contribution in [0.1, 0.15) is 28.0 Å². The monoisotopic (exact) mass is 459 g/mol. The Labute approximate surface area is 188 Å². The number of thioether (sulfide) groups is 1. The molecule has 0 saturated heterocycles. The molecule has 1 aromatic heterocycles. The molecule has 3 atom stereocenters. The fraction of sp³-hybridized carbons (Fsp3) is 0.364. The SMILES string of the molecule is Cc1ccc(C(=O)Nc2ccc(F)c([C@@]3(CF)N=C(N)S[C@@]4(C(=O)N(C)C)C[C@H]43)c2)nc1. The van der Waals surface area contributed by atoms with E-state index in [4.69, 9.17) is 5.73 Å². The summed E-state index contributed by atoms with van der Waals surface area (Å²) >= 11 is 1.10. The van der Waals surface area contributed by atoms with Crippen molar-refractivity contribution in [1.29, 1.82) is 0 Å². The molecule has 0 unspecified atom stereocenters. The van der Waals surface area contributed by atoms with E-state index in [2.05, 4.69) is 15.3 Å². The smallest absolute Gasteiger partial charge is 0.274 e. The number of alkyl halides is 1. The van der Waals surface area contributed by atoms with Crippen LogP contribution < -0.4 is 11.1 Å². The van der Waals surface area contributed by atoms with E-state index in [1.165, 1.54) is 17.0 Å². The molecule has 2 aromatic rings. The van der Waals surface area contributed by atoms with E-state index in [0.29, 0.717) is 6.42 Å². The Balaban J connectivity index is 1.71. The van der Waals surface area contributed by atoms with Crippen molar-refractivity contribution in [3.8, 4) is 0 Å². The van der Waals surface area contributed by atoms with Crippen LogP contribution >= 0.6 is 11.8 Å². The molecule has 2 aliphatic rings. The molecule has 1 aliphatic heterocycles. The number of aliphatic imine (C=N–C) groups is 1. The summed E-state index contributed by atoms with van der Waals surface area (Å²) in [4.78, 5) is 35.2. The van der Waals surface area contributed by atoms with Crippen LogP contribution in [0.25, 0.3) is 0 Å². The topological polar surface area (TPSA) is 101 Å². The average molecular weight is 460 g/mol. The molecule has 168 valence electrons. The third kappa shape index (κ3) is 3.52. The van der Waals surface area contributed by atoms with Crippen molar-refractivity contribution in [2.45, 2.75) is 23.6 Å². The first-order valence-electron chi connectivity index (χ1n) is 9.99. The molecule has 3 N–H and O–H groups in total. The summed E-state index contributed by atoms with van der Waals surface area (Å²) in [7, 11) is 3.23. The quantitative estimate of drug-likeness (QED) is 0.716. The molecule has 1 aromatic carbocycles. The molecular formula is C22H23F2N5O2S. The third-order valence-corrected chi connectivity index (χ3v) is 7.18. The largest absolute Gasteiger partial charge is 0.378 e. The first kappa shape index (κ1) is 22.2. The molecule has 0 bridgehead atoms. The first-order valence-corrected chi connectivity index (χ1v) is 10.8. The van der Waals surface area contributed by atoms with E-state index < -0.39 is 34.6 Å². The first-order chi connectivity index (χ1) is 15.1. The number of halogens is 2. The molecule has 2 heterocycles. The van der Waals surface area contributed by atoms with Gasteiger partial charge in [0.05, 0.1) is 0 Å². The summed E-state index contributed by atoms with van der Waals surface area (Å²) in [5.74, 6) is -1.94. The van der Waals surface area contributed by atoms with Gasteiger partial charge in [-0.2, -0.15) is 0 Å². The molecule has 7 nitrogen and oxygen atoms in total. The Hall–Kier alpha value is -3.01. The van der Waals surface area contributed by atoms with Crippen LogP contribution in [0.5, 0.6) is 0 Å². The summed E-state index contributed by atoms with van der Waals surface area (Å²) in [6, 6.07) is 7.22. The lowest BCUT2D eigenvalue weighted by molar-refractivity contribution is -0.129.